The van der Waals surface area contributed by atoms with E-state index in [0.717, 1.165) is 18.8 Å². The van der Waals surface area contributed by atoms with Gasteiger partial charge in [-0.15, -0.1) is 0 Å². The minimum absolute atomic E-state index is 0.0633. The number of benzene rings is 1. The summed E-state index contributed by atoms with van der Waals surface area (Å²) in [6.45, 7) is 2.76. The van der Waals surface area contributed by atoms with Gasteiger partial charge in [0.1, 0.15) is 0 Å². The Morgan fingerprint density at radius 3 is 2.94 bits per heavy atom. The van der Waals surface area contributed by atoms with Crippen molar-refractivity contribution in [3.8, 4) is 0 Å². The van der Waals surface area contributed by atoms with E-state index in [1.165, 1.54) is 0 Å². The average molecular weight is 314 g/mol. The first kappa shape index (κ1) is 13.3. The Balaban J connectivity index is 2.18. The lowest BCUT2D eigenvalue weighted by atomic mass is 10.1. The van der Waals surface area contributed by atoms with Crippen LogP contribution in [0.3, 0.4) is 0 Å². The number of amides is 1. The molecule has 6 heteroatoms. The van der Waals surface area contributed by atoms with Crippen LogP contribution in [-0.4, -0.2) is 38.3 Å². The van der Waals surface area contributed by atoms with Gasteiger partial charge in [0.05, 0.1) is 18.3 Å². The van der Waals surface area contributed by atoms with Crippen LogP contribution >= 0.6 is 15.9 Å². The smallest absolute Gasteiger partial charge is 0.249 e. The van der Waals surface area contributed by atoms with E-state index in [1.807, 2.05) is 12.1 Å². The first-order chi connectivity index (χ1) is 8.61. The molecule has 0 bridgehead atoms. The molecule has 2 rings (SSSR count). The highest BCUT2D eigenvalue weighted by molar-refractivity contribution is 9.10. The lowest BCUT2D eigenvalue weighted by molar-refractivity contribution is 0.0465. The normalized spacial score (nSPS) is 19.9. The summed E-state index contributed by atoms with van der Waals surface area (Å²) in [5, 5.41) is 0. The summed E-state index contributed by atoms with van der Waals surface area (Å²) in [6, 6.07) is 5.53. The van der Waals surface area contributed by atoms with Crippen LogP contribution in [0.2, 0.25) is 0 Å². The highest BCUT2D eigenvalue weighted by Gasteiger charge is 2.20. The molecule has 0 aliphatic carbocycles. The van der Waals surface area contributed by atoms with Gasteiger partial charge < -0.3 is 21.1 Å². The number of hydrogen-bond donors (Lipinski definition) is 2. The third-order valence-electron chi connectivity index (χ3n) is 2.98. The summed E-state index contributed by atoms with van der Waals surface area (Å²) < 4.78 is 6.23. The summed E-state index contributed by atoms with van der Waals surface area (Å²) in [4.78, 5) is 13.3. The molecule has 1 aliphatic heterocycles. The van der Waals surface area contributed by atoms with Crippen molar-refractivity contribution in [2.75, 3.05) is 31.1 Å². The Labute approximate surface area is 114 Å². The molecular formula is C12H16BrN3O2. The number of carbonyl (C=O) groups excluding carboxylic acids is 1. The van der Waals surface area contributed by atoms with Crippen molar-refractivity contribution in [2.24, 2.45) is 11.5 Å². The van der Waals surface area contributed by atoms with Gasteiger partial charge in [0.15, 0.2) is 0 Å². The fourth-order valence-corrected chi connectivity index (χ4v) is 2.56. The van der Waals surface area contributed by atoms with E-state index < -0.39 is 5.91 Å². The third kappa shape index (κ3) is 2.82. The number of nitrogens with two attached hydrogens (primary N) is 2. The van der Waals surface area contributed by atoms with Crippen molar-refractivity contribution in [3.63, 3.8) is 0 Å². The van der Waals surface area contributed by atoms with Crippen LogP contribution in [-0.2, 0) is 4.74 Å². The highest BCUT2D eigenvalue weighted by Crippen LogP contribution is 2.25. The van der Waals surface area contributed by atoms with Crippen molar-refractivity contribution in [3.05, 3.63) is 28.2 Å². The molecule has 0 radical (unpaired) electrons. The topological polar surface area (TPSA) is 81.6 Å². The standard InChI is InChI=1S/C12H16BrN3O2/c13-11-5-8(1-2-10(11)12(15)17)16-3-4-18-9(6-14)7-16/h1-2,5,9H,3-4,6-7,14H2,(H2,15,17). The number of halogens is 1. The van der Waals surface area contributed by atoms with Gasteiger partial charge in [-0.3, -0.25) is 4.79 Å². The average Bonchev–Trinajstić information content (AvgIpc) is 2.38. The molecule has 0 saturated carbocycles. The number of anilines is 1. The Kier molecular flexibility index (Phi) is 4.21. The van der Waals surface area contributed by atoms with E-state index in [2.05, 4.69) is 20.8 Å². The fourth-order valence-electron chi connectivity index (χ4n) is 2.00. The number of nitrogens with zero attached hydrogens (tertiary/aromatic N) is 1. The molecular weight excluding hydrogens is 298 g/mol. The lowest BCUT2D eigenvalue weighted by Gasteiger charge is -2.34. The molecule has 1 aliphatic rings. The zero-order valence-electron chi connectivity index (χ0n) is 9.93. The quantitative estimate of drug-likeness (QED) is 0.861. The zero-order valence-corrected chi connectivity index (χ0v) is 11.5. The van der Waals surface area contributed by atoms with E-state index in [-0.39, 0.29) is 6.10 Å². The lowest BCUT2D eigenvalue weighted by Crippen LogP contribution is -2.45. The predicted octanol–water partition coefficient (Wildman–Crippen LogP) is 0.712. The zero-order chi connectivity index (χ0) is 13.1. The van der Waals surface area contributed by atoms with E-state index in [4.69, 9.17) is 16.2 Å². The monoisotopic (exact) mass is 313 g/mol. The molecule has 1 atom stereocenters. The van der Waals surface area contributed by atoms with Crippen LogP contribution in [0.4, 0.5) is 5.69 Å². The van der Waals surface area contributed by atoms with Crippen molar-refractivity contribution in [2.45, 2.75) is 6.10 Å². The summed E-state index contributed by atoms with van der Waals surface area (Å²) in [7, 11) is 0. The van der Waals surface area contributed by atoms with Crippen LogP contribution in [0, 0.1) is 0 Å². The maximum Gasteiger partial charge on any atom is 0.249 e. The van der Waals surface area contributed by atoms with E-state index in [9.17, 15) is 4.79 Å². The molecule has 1 fully saturated rings. The first-order valence-electron chi connectivity index (χ1n) is 5.77. The number of hydrogen-bond acceptors (Lipinski definition) is 4. The maximum atomic E-state index is 11.1. The van der Waals surface area contributed by atoms with Crippen LogP contribution in [0.25, 0.3) is 0 Å². The van der Waals surface area contributed by atoms with Crippen molar-refractivity contribution in [1.82, 2.24) is 0 Å². The van der Waals surface area contributed by atoms with Gasteiger partial charge in [0, 0.05) is 29.8 Å². The molecule has 0 aromatic heterocycles. The number of morpholine rings is 1. The van der Waals surface area contributed by atoms with Gasteiger partial charge in [-0.1, -0.05) is 0 Å². The van der Waals surface area contributed by atoms with Gasteiger partial charge in [-0.25, -0.2) is 0 Å². The number of carbonyl (C=O) groups is 1. The summed E-state index contributed by atoms with van der Waals surface area (Å²) in [5.41, 5.74) is 12.4. The molecule has 98 valence electrons. The van der Waals surface area contributed by atoms with E-state index in [0.29, 0.717) is 23.2 Å². The van der Waals surface area contributed by atoms with Crippen molar-refractivity contribution >= 4 is 27.5 Å². The van der Waals surface area contributed by atoms with Gasteiger partial charge >= 0.3 is 0 Å². The molecule has 1 unspecified atom stereocenters. The molecule has 0 spiro atoms. The van der Waals surface area contributed by atoms with Crippen molar-refractivity contribution < 1.29 is 9.53 Å². The summed E-state index contributed by atoms with van der Waals surface area (Å²) in [6.07, 6.45) is 0.0633. The molecule has 1 heterocycles. The van der Waals surface area contributed by atoms with Crippen LogP contribution < -0.4 is 16.4 Å². The van der Waals surface area contributed by atoms with Gasteiger partial charge in [0.25, 0.3) is 0 Å². The first-order valence-corrected chi connectivity index (χ1v) is 6.57. The van der Waals surface area contributed by atoms with Crippen molar-refractivity contribution in [1.29, 1.82) is 0 Å². The SMILES string of the molecule is NCC1CN(c2ccc(C(N)=O)c(Br)c2)CCO1. The highest BCUT2D eigenvalue weighted by atomic mass is 79.9. The maximum absolute atomic E-state index is 11.1. The molecule has 18 heavy (non-hydrogen) atoms. The second kappa shape index (κ2) is 5.69. The molecule has 1 aromatic rings. The molecule has 5 nitrogen and oxygen atoms in total. The third-order valence-corrected chi connectivity index (χ3v) is 3.64. The van der Waals surface area contributed by atoms with Gasteiger partial charge in [-0.05, 0) is 34.1 Å². The Morgan fingerprint density at radius 1 is 1.56 bits per heavy atom. The molecule has 4 N–H and O–H groups in total. The molecule has 1 saturated heterocycles. The molecule has 1 amide bonds. The predicted molar refractivity (Wildman–Crippen MR) is 73.7 cm³/mol. The minimum Gasteiger partial charge on any atom is -0.373 e. The summed E-state index contributed by atoms with van der Waals surface area (Å²) in [5.74, 6) is -0.435. The Hall–Kier alpha value is -1.11. The minimum atomic E-state index is -0.435. The van der Waals surface area contributed by atoms with Crippen LogP contribution in [0.1, 0.15) is 10.4 Å². The number of primary amides is 1. The Morgan fingerprint density at radius 2 is 2.33 bits per heavy atom. The number of rotatable bonds is 3. The fraction of sp³-hybridized carbons (Fsp3) is 0.417. The second-order valence-electron chi connectivity index (χ2n) is 4.20. The van der Waals surface area contributed by atoms with E-state index >= 15 is 0 Å². The van der Waals surface area contributed by atoms with Gasteiger partial charge in [0.2, 0.25) is 5.91 Å². The van der Waals surface area contributed by atoms with Gasteiger partial charge in [-0.2, -0.15) is 0 Å². The summed E-state index contributed by atoms with van der Waals surface area (Å²) >= 11 is 3.36. The number of ether oxygens (including phenoxy) is 1. The van der Waals surface area contributed by atoms with Crippen LogP contribution in [0.15, 0.2) is 22.7 Å². The molecule has 1 aromatic carbocycles. The van der Waals surface area contributed by atoms with E-state index in [1.54, 1.807) is 6.07 Å². The van der Waals surface area contributed by atoms with Crippen LogP contribution in [0.5, 0.6) is 0 Å². The Bertz CT molecular complexity index is 453. The second-order valence-corrected chi connectivity index (χ2v) is 5.06. The largest absolute Gasteiger partial charge is 0.373 e.